The SMILES string of the molecule is CN(CCCCCN)CC1COc2ccccc21. The third-order valence-electron chi connectivity index (χ3n) is 3.57. The summed E-state index contributed by atoms with van der Waals surface area (Å²) in [7, 11) is 2.20. The third-order valence-corrected chi connectivity index (χ3v) is 3.57. The van der Waals surface area contributed by atoms with Crippen molar-refractivity contribution in [3.05, 3.63) is 29.8 Å². The smallest absolute Gasteiger partial charge is 0.122 e. The van der Waals surface area contributed by atoms with Gasteiger partial charge in [-0.15, -0.1) is 0 Å². The lowest BCUT2D eigenvalue weighted by Gasteiger charge is -2.20. The second kappa shape index (κ2) is 6.76. The molecule has 0 spiro atoms. The second-order valence-electron chi connectivity index (χ2n) is 5.16. The summed E-state index contributed by atoms with van der Waals surface area (Å²) in [4.78, 5) is 2.41. The zero-order valence-electron chi connectivity index (χ0n) is 11.3. The molecule has 18 heavy (non-hydrogen) atoms. The van der Waals surface area contributed by atoms with Crippen molar-refractivity contribution in [2.24, 2.45) is 5.73 Å². The van der Waals surface area contributed by atoms with Crippen LogP contribution >= 0.6 is 0 Å². The molecule has 0 radical (unpaired) electrons. The Labute approximate surface area is 110 Å². The second-order valence-corrected chi connectivity index (χ2v) is 5.16. The molecule has 2 N–H and O–H groups in total. The first-order valence-electron chi connectivity index (χ1n) is 6.91. The minimum Gasteiger partial charge on any atom is -0.493 e. The molecule has 0 bridgehead atoms. The Kier molecular flexibility index (Phi) is 5.02. The summed E-state index contributed by atoms with van der Waals surface area (Å²) in [6.07, 6.45) is 3.62. The zero-order valence-corrected chi connectivity index (χ0v) is 11.3. The standard InChI is InChI=1S/C15H24N2O/c1-17(10-6-2-5-9-16)11-13-12-18-15-8-4-3-7-14(13)15/h3-4,7-8,13H,2,5-6,9-12,16H2,1H3. The molecule has 100 valence electrons. The summed E-state index contributed by atoms with van der Waals surface area (Å²) in [5.41, 5.74) is 6.87. The molecule has 1 aliphatic heterocycles. The lowest BCUT2D eigenvalue weighted by molar-refractivity contribution is 0.263. The average molecular weight is 248 g/mol. The van der Waals surface area contributed by atoms with Gasteiger partial charge in [-0.05, 0) is 39.0 Å². The van der Waals surface area contributed by atoms with Crippen LogP contribution in [0.1, 0.15) is 30.7 Å². The topological polar surface area (TPSA) is 38.5 Å². The van der Waals surface area contributed by atoms with E-state index in [1.54, 1.807) is 0 Å². The number of ether oxygens (including phenoxy) is 1. The molecule has 1 heterocycles. The van der Waals surface area contributed by atoms with Crippen molar-refractivity contribution in [1.29, 1.82) is 0 Å². The monoisotopic (exact) mass is 248 g/mol. The summed E-state index contributed by atoms with van der Waals surface area (Å²) in [6.45, 7) is 3.87. The van der Waals surface area contributed by atoms with Gasteiger partial charge in [0.1, 0.15) is 5.75 Å². The van der Waals surface area contributed by atoms with Crippen molar-refractivity contribution in [1.82, 2.24) is 4.90 Å². The van der Waals surface area contributed by atoms with Crippen molar-refractivity contribution >= 4 is 0 Å². The molecule has 3 heteroatoms. The van der Waals surface area contributed by atoms with Crippen molar-refractivity contribution < 1.29 is 4.74 Å². The van der Waals surface area contributed by atoms with E-state index in [1.807, 2.05) is 6.07 Å². The van der Waals surface area contributed by atoms with Crippen LogP contribution in [0.2, 0.25) is 0 Å². The van der Waals surface area contributed by atoms with E-state index in [9.17, 15) is 0 Å². The van der Waals surface area contributed by atoms with Gasteiger partial charge < -0.3 is 15.4 Å². The van der Waals surface area contributed by atoms with E-state index in [-0.39, 0.29) is 0 Å². The normalized spacial score (nSPS) is 17.8. The van der Waals surface area contributed by atoms with Crippen molar-refractivity contribution in [3.8, 4) is 5.75 Å². The Morgan fingerprint density at radius 3 is 2.94 bits per heavy atom. The van der Waals surface area contributed by atoms with Crippen LogP contribution in [0.4, 0.5) is 0 Å². The van der Waals surface area contributed by atoms with Crippen LogP contribution in [0.3, 0.4) is 0 Å². The maximum Gasteiger partial charge on any atom is 0.122 e. The number of hydrogen-bond acceptors (Lipinski definition) is 3. The maximum absolute atomic E-state index is 5.71. The summed E-state index contributed by atoms with van der Waals surface area (Å²) in [5, 5.41) is 0. The first-order chi connectivity index (χ1) is 8.81. The predicted molar refractivity (Wildman–Crippen MR) is 75.1 cm³/mol. The fraction of sp³-hybridized carbons (Fsp3) is 0.600. The molecule has 0 fully saturated rings. The first-order valence-corrected chi connectivity index (χ1v) is 6.91. The Hall–Kier alpha value is -1.06. The first kappa shape index (κ1) is 13.4. The molecule has 0 aliphatic carbocycles. The van der Waals surface area contributed by atoms with E-state index in [4.69, 9.17) is 10.5 Å². The number of nitrogens with two attached hydrogens (primary N) is 1. The van der Waals surface area contributed by atoms with E-state index in [0.29, 0.717) is 5.92 Å². The molecule has 0 aromatic heterocycles. The minimum atomic E-state index is 0.528. The third kappa shape index (κ3) is 3.47. The van der Waals surface area contributed by atoms with Crippen LogP contribution in [-0.4, -0.2) is 38.2 Å². The molecule has 1 aromatic carbocycles. The number of unbranched alkanes of at least 4 members (excludes halogenated alkanes) is 2. The molecule has 0 saturated heterocycles. The van der Waals surface area contributed by atoms with Crippen LogP contribution in [-0.2, 0) is 0 Å². The molecule has 1 atom stereocenters. The molecule has 0 saturated carbocycles. The Balaban J connectivity index is 1.77. The highest BCUT2D eigenvalue weighted by Gasteiger charge is 2.24. The highest BCUT2D eigenvalue weighted by atomic mass is 16.5. The molecule has 0 amide bonds. The van der Waals surface area contributed by atoms with E-state index in [2.05, 4.69) is 30.1 Å². The molecule has 1 aromatic rings. The van der Waals surface area contributed by atoms with Gasteiger partial charge in [0.2, 0.25) is 0 Å². The van der Waals surface area contributed by atoms with E-state index in [1.165, 1.54) is 18.4 Å². The largest absolute Gasteiger partial charge is 0.493 e. The molecule has 1 unspecified atom stereocenters. The van der Waals surface area contributed by atoms with Gasteiger partial charge in [-0.2, -0.15) is 0 Å². The van der Waals surface area contributed by atoms with Gasteiger partial charge in [-0.3, -0.25) is 0 Å². The van der Waals surface area contributed by atoms with Crippen LogP contribution in [0, 0.1) is 0 Å². The van der Waals surface area contributed by atoms with E-state index < -0.39 is 0 Å². The number of hydrogen-bond donors (Lipinski definition) is 1. The molecular weight excluding hydrogens is 224 g/mol. The number of nitrogens with zero attached hydrogens (tertiary/aromatic N) is 1. The maximum atomic E-state index is 5.71. The van der Waals surface area contributed by atoms with Gasteiger partial charge in [0, 0.05) is 18.0 Å². The van der Waals surface area contributed by atoms with Crippen LogP contribution in [0.15, 0.2) is 24.3 Å². The zero-order chi connectivity index (χ0) is 12.8. The lowest BCUT2D eigenvalue weighted by Crippen LogP contribution is -2.26. The van der Waals surface area contributed by atoms with Gasteiger partial charge in [0.05, 0.1) is 6.61 Å². The van der Waals surface area contributed by atoms with Crippen molar-refractivity contribution in [2.75, 3.05) is 33.3 Å². The van der Waals surface area contributed by atoms with Gasteiger partial charge >= 0.3 is 0 Å². The van der Waals surface area contributed by atoms with E-state index >= 15 is 0 Å². The number of benzene rings is 1. The van der Waals surface area contributed by atoms with Gasteiger partial charge in [-0.1, -0.05) is 24.6 Å². The van der Waals surface area contributed by atoms with Crippen LogP contribution in [0.25, 0.3) is 0 Å². The van der Waals surface area contributed by atoms with Gasteiger partial charge in [-0.25, -0.2) is 0 Å². The van der Waals surface area contributed by atoms with E-state index in [0.717, 1.165) is 38.4 Å². The fourth-order valence-corrected chi connectivity index (χ4v) is 2.55. The van der Waals surface area contributed by atoms with Gasteiger partial charge in [0.15, 0.2) is 0 Å². The Morgan fingerprint density at radius 2 is 2.11 bits per heavy atom. The fourth-order valence-electron chi connectivity index (χ4n) is 2.55. The number of fused-ring (bicyclic) bond motifs is 1. The predicted octanol–water partition coefficient (Wildman–Crippen LogP) is 2.22. The average Bonchev–Trinajstić information content (AvgIpc) is 2.78. The van der Waals surface area contributed by atoms with Gasteiger partial charge in [0.25, 0.3) is 0 Å². The highest BCUT2D eigenvalue weighted by molar-refractivity contribution is 5.39. The van der Waals surface area contributed by atoms with Crippen LogP contribution in [0.5, 0.6) is 5.75 Å². The van der Waals surface area contributed by atoms with Crippen molar-refractivity contribution in [2.45, 2.75) is 25.2 Å². The minimum absolute atomic E-state index is 0.528. The molecular formula is C15H24N2O. The Bertz CT molecular complexity index is 367. The quantitative estimate of drug-likeness (QED) is 0.752. The van der Waals surface area contributed by atoms with Crippen LogP contribution < -0.4 is 10.5 Å². The molecule has 1 aliphatic rings. The number of rotatable bonds is 7. The summed E-state index contributed by atoms with van der Waals surface area (Å²) in [6, 6.07) is 8.39. The summed E-state index contributed by atoms with van der Waals surface area (Å²) in [5.74, 6) is 1.60. The Morgan fingerprint density at radius 1 is 1.28 bits per heavy atom. The summed E-state index contributed by atoms with van der Waals surface area (Å²) >= 11 is 0. The molecule has 3 nitrogen and oxygen atoms in total. The van der Waals surface area contributed by atoms with Crippen molar-refractivity contribution in [3.63, 3.8) is 0 Å². The number of para-hydroxylation sites is 1. The lowest BCUT2D eigenvalue weighted by atomic mass is 10.0. The molecule has 2 rings (SSSR count). The highest BCUT2D eigenvalue weighted by Crippen LogP contribution is 2.33. The summed E-state index contributed by atoms with van der Waals surface area (Å²) < 4.78 is 5.71. The number of likely N-dealkylation sites (N-methyl/N-ethyl adjacent to an activating group) is 1.